The Bertz CT molecular complexity index is 690. The lowest BCUT2D eigenvalue weighted by molar-refractivity contribution is -0.118. The maximum atomic E-state index is 12.4. The molecule has 2 amide bonds. The monoisotopic (exact) mass is 351 g/mol. The van der Waals surface area contributed by atoms with E-state index in [1.165, 1.54) is 11.3 Å². The highest BCUT2D eigenvalue weighted by atomic mass is 32.1. The molecule has 1 aromatic heterocycles. The van der Waals surface area contributed by atoms with E-state index in [1.54, 1.807) is 20.8 Å². The Morgan fingerprint density at radius 2 is 2.04 bits per heavy atom. The molecule has 24 heavy (non-hydrogen) atoms. The average Bonchev–Trinajstić information content (AvgIpc) is 2.86. The number of anilines is 1. The SMILES string of the molecule is CC(C)(C)OC(=O)N[C@@H](CCO)C(=O)Nc1nc2ccccc2s1. The van der Waals surface area contributed by atoms with E-state index in [4.69, 9.17) is 9.84 Å². The first-order valence-corrected chi connectivity index (χ1v) is 8.37. The number of carbonyl (C=O) groups excluding carboxylic acids is 2. The van der Waals surface area contributed by atoms with Crippen molar-refractivity contribution in [2.75, 3.05) is 11.9 Å². The Morgan fingerprint density at radius 3 is 2.67 bits per heavy atom. The van der Waals surface area contributed by atoms with Crippen LogP contribution in [0.1, 0.15) is 27.2 Å². The van der Waals surface area contributed by atoms with E-state index in [0.717, 1.165) is 10.2 Å². The van der Waals surface area contributed by atoms with Gasteiger partial charge in [-0.3, -0.25) is 4.79 Å². The molecule has 0 fully saturated rings. The van der Waals surface area contributed by atoms with E-state index < -0.39 is 23.6 Å². The molecule has 8 heteroatoms. The molecule has 0 spiro atoms. The number of carbonyl (C=O) groups is 2. The van der Waals surface area contributed by atoms with Gasteiger partial charge in [-0.25, -0.2) is 9.78 Å². The number of hydrogen-bond donors (Lipinski definition) is 3. The summed E-state index contributed by atoms with van der Waals surface area (Å²) in [5.41, 5.74) is 0.119. The van der Waals surface area contributed by atoms with Crippen molar-refractivity contribution in [2.24, 2.45) is 0 Å². The molecule has 0 bridgehead atoms. The Hall–Kier alpha value is -2.19. The number of nitrogens with one attached hydrogen (secondary N) is 2. The largest absolute Gasteiger partial charge is 0.444 e. The van der Waals surface area contributed by atoms with Gasteiger partial charge in [0.1, 0.15) is 11.6 Å². The third-order valence-corrected chi connectivity index (χ3v) is 3.90. The summed E-state index contributed by atoms with van der Waals surface area (Å²) in [4.78, 5) is 28.5. The summed E-state index contributed by atoms with van der Waals surface area (Å²) < 4.78 is 6.09. The normalized spacial score (nSPS) is 12.7. The molecule has 3 N–H and O–H groups in total. The van der Waals surface area contributed by atoms with E-state index in [1.807, 2.05) is 24.3 Å². The number of hydrogen-bond acceptors (Lipinski definition) is 6. The van der Waals surface area contributed by atoms with Gasteiger partial charge in [-0.2, -0.15) is 0 Å². The van der Waals surface area contributed by atoms with Gasteiger partial charge in [0.05, 0.1) is 10.2 Å². The van der Waals surface area contributed by atoms with Crippen LogP contribution in [0.3, 0.4) is 0 Å². The molecule has 130 valence electrons. The van der Waals surface area contributed by atoms with Crippen LogP contribution < -0.4 is 10.6 Å². The van der Waals surface area contributed by atoms with Gasteiger partial charge in [0.15, 0.2) is 5.13 Å². The Morgan fingerprint density at radius 1 is 1.33 bits per heavy atom. The highest BCUT2D eigenvalue weighted by molar-refractivity contribution is 7.22. The predicted octanol–water partition coefficient (Wildman–Crippen LogP) is 2.51. The van der Waals surface area contributed by atoms with Crippen LogP contribution >= 0.6 is 11.3 Å². The van der Waals surface area contributed by atoms with Crippen LogP contribution in [0.4, 0.5) is 9.93 Å². The molecule has 7 nitrogen and oxygen atoms in total. The van der Waals surface area contributed by atoms with Crippen molar-refractivity contribution in [1.29, 1.82) is 0 Å². The summed E-state index contributed by atoms with van der Waals surface area (Å²) in [5, 5.41) is 14.7. The van der Waals surface area contributed by atoms with E-state index in [2.05, 4.69) is 15.6 Å². The second-order valence-corrected chi connectivity index (χ2v) is 7.22. The van der Waals surface area contributed by atoms with Crippen LogP contribution in [0.15, 0.2) is 24.3 Å². The second kappa shape index (κ2) is 7.59. The number of benzene rings is 1. The summed E-state index contributed by atoms with van der Waals surface area (Å²) in [6, 6.07) is 6.62. The Labute approximate surface area is 144 Å². The van der Waals surface area contributed by atoms with Crippen molar-refractivity contribution in [3.63, 3.8) is 0 Å². The number of aliphatic hydroxyl groups is 1. The van der Waals surface area contributed by atoms with E-state index in [-0.39, 0.29) is 13.0 Å². The first-order chi connectivity index (χ1) is 11.3. The molecule has 0 radical (unpaired) electrons. The van der Waals surface area contributed by atoms with Gasteiger partial charge >= 0.3 is 6.09 Å². The summed E-state index contributed by atoms with van der Waals surface area (Å²) >= 11 is 1.34. The molecule has 0 unspecified atom stereocenters. The summed E-state index contributed by atoms with van der Waals surface area (Å²) in [6.45, 7) is 4.95. The predicted molar refractivity (Wildman–Crippen MR) is 93.1 cm³/mol. The molecule has 1 heterocycles. The molecular formula is C16H21N3O4S. The van der Waals surface area contributed by atoms with Gasteiger partial charge < -0.3 is 20.5 Å². The number of thiazole rings is 1. The molecule has 0 saturated carbocycles. The first-order valence-electron chi connectivity index (χ1n) is 7.55. The van der Waals surface area contributed by atoms with Gasteiger partial charge in [0.2, 0.25) is 5.91 Å². The lowest BCUT2D eigenvalue weighted by Crippen LogP contribution is -2.46. The molecule has 1 aromatic carbocycles. The Kier molecular flexibility index (Phi) is 5.74. The number of nitrogens with zero attached hydrogens (tertiary/aromatic N) is 1. The maximum Gasteiger partial charge on any atom is 0.408 e. The number of aromatic nitrogens is 1. The lowest BCUT2D eigenvalue weighted by Gasteiger charge is -2.22. The van der Waals surface area contributed by atoms with E-state index >= 15 is 0 Å². The number of ether oxygens (including phenoxy) is 1. The highest BCUT2D eigenvalue weighted by Gasteiger charge is 2.24. The van der Waals surface area contributed by atoms with Crippen molar-refractivity contribution in [3.05, 3.63) is 24.3 Å². The number of aliphatic hydroxyl groups excluding tert-OH is 1. The molecular weight excluding hydrogens is 330 g/mol. The summed E-state index contributed by atoms with van der Waals surface area (Å²) in [7, 11) is 0. The van der Waals surface area contributed by atoms with Crippen molar-refractivity contribution < 1.29 is 19.4 Å². The zero-order valence-electron chi connectivity index (χ0n) is 13.8. The van der Waals surface area contributed by atoms with Crippen LogP contribution in [0.25, 0.3) is 10.2 Å². The minimum absolute atomic E-state index is 0.0793. The third kappa shape index (κ3) is 5.17. The fourth-order valence-corrected chi connectivity index (χ4v) is 2.83. The van der Waals surface area contributed by atoms with E-state index in [0.29, 0.717) is 5.13 Å². The number of alkyl carbamates (subject to hydrolysis) is 1. The number of fused-ring (bicyclic) bond motifs is 1. The van der Waals surface area contributed by atoms with Crippen molar-refractivity contribution in [2.45, 2.75) is 38.8 Å². The molecule has 0 saturated heterocycles. The van der Waals surface area contributed by atoms with Crippen LogP contribution in [-0.2, 0) is 9.53 Å². The summed E-state index contributed by atoms with van der Waals surface area (Å²) in [6.07, 6.45) is -0.629. The first kappa shape index (κ1) is 18.2. The van der Waals surface area contributed by atoms with Crippen LogP contribution in [-0.4, -0.2) is 40.3 Å². The molecule has 2 aromatic rings. The molecule has 2 rings (SSSR count). The van der Waals surface area contributed by atoms with Crippen molar-refractivity contribution in [1.82, 2.24) is 10.3 Å². The van der Waals surface area contributed by atoms with Crippen molar-refractivity contribution in [3.8, 4) is 0 Å². The van der Waals surface area contributed by atoms with Crippen LogP contribution in [0.5, 0.6) is 0 Å². The fraction of sp³-hybridized carbons (Fsp3) is 0.438. The standard InChI is InChI=1S/C16H21N3O4S/c1-16(2,3)23-15(22)18-11(8-9-20)13(21)19-14-17-10-6-4-5-7-12(10)24-14/h4-7,11,20H,8-9H2,1-3H3,(H,18,22)(H,17,19,21)/t11-/m0/s1. The topological polar surface area (TPSA) is 101 Å². The van der Waals surface area contributed by atoms with Crippen LogP contribution in [0, 0.1) is 0 Å². The smallest absolute Gasteiger partial charge is 0.408 e. The molecule has 1 atom stereocenters. The number of rotatable bonds is 5. The maximum absolute atomic E-state index is 12.4. The van der Waals surface area contributed by atoms with Gasteiger partial charge in [-0.1, -0.05) is 23.5 Å². The number of amides is 2. The number of para-hydroxylation sites is 1. The fourth-order valence-electron chi connectivity index (χ4n) is 1.97. The van der Waals surface area contributed by atoms with Gasteiger partial charge in [0, 0.05) is 6.61 Å². The van der Waals surface area contributed by atoms with Gasteiger partial charge in [-0.05, 0) is 39.3 Å². The minimum Gasteiger partial charge on any atom is -0.444 e. The van der Waals surface area contributed by atoms with Gasteiger partial charge in [0.25, 0.3) is 0 Å². The molecule has 0 aliphatic carbocycles. The summed E-state index contributed by atoms with van der Waals surface area (Å²) in [5.74, 6) is -0.450. The van der Waals surface area contributed by atoms with Crippen LogP contribution in [0.2, 0.25) is 0 Å². The minimum atomic E-state index is -0.906. The van der Waals surface area contributed by atoms with Gasteiger partial charge in [-0.15, -0.1) is 0 Å². The van der Waals surface area contributed by atoms with Crippen molar-refractivity contribution >= 4 is 38.7 Å². The lowest BCUT2D eigenvalue weighted by atomic mass is 10.2. The highest BCUT2D eigenvalue weighted by Crippen LogP contribution is 2.25. The zero-order chi connectivity index (χ0) is 17.7. The zero-order valence-corrected chi connectivity index (χ0v) is 14.6. The second-order valence-electron chi connectivity index (χ2n) is 6.19. The third-order valence-electron chi connectivity index (χ3n) is 2.95. The quantitative estimate of drug-likeness (QED) is 0.768. The van der Waals surface area contributed by atoms with E-state index in [9.17, 15) is 9.59 Å². The molecule has 0 aliphatic rings. The Balaban J connectivity index is 2.03. The average molecular weight is 351 g/mol. The molecule has 0 aliphatic heterocycles.